The molecule has 1 aliphatic rings. The molecule has 0 spiro atoms. The van der Waals surface area contributed by atoms with E-state index in [1.807, 2.05) is 4.90 Å². The Morgan fingerprint density at radius 2 is 2.11 bits per heavy atom. The van der Waals surface area contributed by atoms with Crippen LogP contribution in [0, 0.1) is 0 Å². The van der Waals surface area contributed by atoms with Crippen LogP contribution in [0.4, 0.5) is 0 Å². The van der Waals surface area contributed by atoms with Crippen LogP contribution in [0.15, 0.2) is 12.7 Å². The third-order valence-electron chi connectivity index (χ3n) is 4.22. The van der Waals surface area contributed by atoms with E-state index in [0.29, 0.717) is 19.6 Å². The molecule has 1 fully saturated rings. The molecule has 4 heteroatoms. The van der Waals surface area contributed by atoms with Gasteiger partial charge >= 0.3 is 0 Å². The molecule has 1 atom stereocenters. The van der Waals surface area contributed by atoms with Crippen molar-refractivity contribution in [1.82, 2.24) is 4.90 Å². The normalized spacial score (nSPS) is 21.5. The van der Waals surface area contributed by atoms with Crippen LogP contribution in [-0.2, 0) is 9.22 Å². The lowest BCUT2D eigenvalue weighted by Crippen LogP contribution is -2.45. The van der Waals surface area contributed by atoms with E-state index >= 15 is 0 Å². The first-order valence-electron chi connectivity index (χ1n) is 6.73. The summed E-state index contributed by atoms with van der Waals surface area (Å²) in [6, 6.07) is 0.240. The summed E-state index contributed by atoms with van der Waals surface area (Å²) in [5.41, 5.74) is 0. The van der Waals surface area contributed by atoms with Gasteiger partial charge in [0.1, 0.15) is 0 Å². The van der Waals surface area contributed by atoms with Crippen molar-refractivity contribution in [3.05, 3.63) is 12.7 Å². The molecule has 1 aliphatic heterocycles. The van der Waals surface area contributed by atoms with E-state index in [9.17, 15) is 4.79 Å². The molecule has 0 aliphatic carbocycles. The highest BCUT2D eigenvalue weighted by atomic mass is 28.4. The number of likely N-dealkylation sites (tertiary alicyclic amines) is 1. The average molecular weight is 269 g/mol. The molecular formula is C14H27NO2Si. The van der Waals surface area contributed by atoms with Gasteiger partial charge in [0.15, 0.2) is 8.32 Å². The zero-order chi connectivity index (χ0) is 14.0. The number of carbonyl (C=O) groups is 1. The maximum atomic E-state index is 11.7. The van der Waals surface area contributed by atoms with Gasteiger partial charge < -0.3 is 9.33 Å². The van der Waals surface area contributed by atoms with Gasteiger partial charge in [0, 0.05) is 13.0 Å². The van der Waals surface area contributed by atoms with E-state index in [1.165, 1.54) is 0 Å². The highest BCUT2D eigenvalue weighted by molar-refractivity contribution is 6.74. The Morgan fingerprint density at radius 3 is 2.61 bits per heavy atom. The second kappa shape index (κ2) is 5.57. The largest absolute Gasteiger partial charge is 0.415 e. The maximum Gasteiger partial charge on any atom is 0.223 e. The Kier molecular flexibility index (Phi) is 4.78. The minimum absolute atomic E-state index is 0.221. The lowest BCUT2D eigenvalue weighted by molar-refractivity contribution is -0.128. The Morgan fingerprint density at radius 1 is 1.50 bits per heavy atom. The number of hydrogen-bond acceptors (Lipinski definition) is 2. The molecule has 0 bridgehead atoms. The summed E-state index contributed by atoms with van der Waals surface area (Å²) in [4.78, 5) is 13.6. The SMILES string of the molecule is C=CCN1C(=O)CCC1CO[Si](C)(C)C(C)(C)C. The molecule has 1 heterocycles. The molecule has 104 valence electrons. The van der Waals surface area contributed by atoms with Crippen molar-refractivity contribution in [3.8, 4) is 0 Å². The summed E-state index contributed by atoms with van der Waals surface area (Å²) >= 11 is 0. The summed E-state index contributed by atoms with van der Waals surface area (Å²) in [7, 11) is -1.71. The Hall–Kier alpha value is -0.613. The zero-order valence-electron chi connectivity index (χ0n) is 12.5. The molecule has 1 amide bonds. The lowest BCUT2D eigenvalue weighted by atomic mass is 10.2. The first-order valence-corrected chi connectivity index (χ1v) is 9.64. The molecule has 0 radical (unpaired) electrons. The molecule has 1 unspecified atom stereocenters. The van der Waals surface area contributed by atoms with Gasteiger partial charge in [-0.15, -0.1) is 6.58 Å². The zero-order valence-corrected chi connectivity index (χ0v) is 13.5. The van der Waals surface area contributed by atoms with Crippen molar-refractivity contribution >= 4 is 14.2 Å². The van der Waals surface area contributed by atoms with Crippen LogP contribution in [-0.4, -0.2) is 38.3 Å². The third kappa shape index (κ3) is 3.45. The van der Waals surface area contributed by atoms with Gasteiger partial charge in [-0.2, -0.15) is 0 Å². The number of amides is 1. The Balaban J connectivity index is 2.58. The highest BCUT2D eigenvalue weighted by Crippen LogP contribution is 2.37. The molecule has 1 saturated heterocycles. The van der Waals surface area contributed by atoms with E-state index in [-0.39, 0.29) is 17.0 Å². The molecule has 0 N–H and O–H groups in total. The number of rotatable bonds is 5. The predicted octanol–water partition coefficient (Wildman–Crippen LogP) is 3.19. The Bertz CT molecular complexity index is 320. The van der Waals surface area contributed by atoms with Crippen LogP contribution in [0.2, 0.25) is 18.1 Å². The van der Waals surface area contributed by atoms with Gasteiger partial charge in [-0.3, -0.25) is 4.79 Å². The minimum atomic E-state index is -1.71. The van der Waals surface area contributed by atoms with Gasteiger partial charge in [0.05, 0.1) is 12.6 Å². The number of nitrogens with zero attached hydrogens (tertiary/aromatic N) is 1. The molecule has 0 aromatic heterocycles. The average Bonchev–Trinajstić information content (AvgIpc) is 2.57. The van der Waals surface area contributed by atoms with Gasteiger partial charge in [0.2, 0.25) is 5.91 Å². The smallest absolute Gasteiger partial charge is 0.223 e. The summed E-state index contributed by atoms with van der Waals surface area (Å²) in [5.74, 6) is 0.235. The van der Waals surface area contributed by atoms with E-state index in [0.717, 1.165) is 6.42 Å². The fraction of sp³-hybridized carbons (Fsp3) is 0.786. The van der Waals surface area contributed by atoms with Gasteiger partial charge in [-0.1, -0.05) is 26.8 Å². The van der Waals surface area contributed by atoms with Crippen molar-refractivity contribution < 1.29 is 9.22 Å². The van der Waals surface area contributed by atoms with E-state index in [1.54, 1.807) is 6.08 Å². The molecular weight excluding hydrogens is 242 g/mol. The summed E-state index contributed by atoms with van der Waals surface area (Å²) in [6.07, 6.45) is 3.36. The van der Waals surface area contributed by atoms with Crippen molar-refractivity contribution in [2.45, 2.75) is 57.8 Å². The first-order chi connectivity index (χ1) is 8.19. The van der Waals surface area contributed by atoms with Crippen molar-refractivity contribution in [1.29, 1.82) is 0 Å². The van der Waals surface area contributed by atoms with Crippen LogP contribution in [0.1, 0.15) is 33.6 Å². The van der Waals surface area contributed by atoms with E-state index in [4.69, 9.17) is 4.43 Å². The van der Waals surface area contributed by atoms with Crippen LogP contribution in [0.5, 0.6) is 0 Å². The minimum Gasteiger partial charge on any atom is -0.415 e. The third-order valence-corrected chi connectivity index (χ3v) is 8.72. The van der Waals surface area contributed by atoms with Gasteiger partial charge in [-0.25, -0.2) is 0 Å². The number of hydrogen-bond donors (Lipinski definition) is 0. The Labute approximate surface area is 112 Å². The van der Waals surface area contributed by atoms with Crippen LogP contribution in [0.3, 0.4) is 0 Å². The van der Waals surface area contributed by atoms with Crippen LogP contribution in [0.25, 0.3) is 0 Å². The van der Waals surface area contributed by atoms with E-state index in [2.05, 4.69) is 40.4 Å². The molecule has 18 heavy (non-hydrogen) atoms. The van der Waals surface area contributed by atoms with Crippen molar-refractivity contribution in [2.24, 2.45) is 0 Å². The summed E-state index contributed by atoms with van der Waals surface area (Å²) in [5, 5.41) is 0.221. The van der Waals surface area contributed by atoms with Crippen molar-refractivity contribution in [2.75, 3.05) is 13.2 Å². The molecule has 3 nitrogen and oxygen atoms in total. The monoisotopic (exact) mass is 269 g/mol. The summed E-state index contributed by atoms with van der Waals surface area (Å²) < 4.78 is 6.21. The fourth-order valence-electron chi connectivity index (χ4n) is 1.88. The van der Waals surface area contributed by atoms with Crippen LogP contribution >= 0.6 is 0 Å². The van der Waals surface area contributed by atoms with E-state index < -0.39 is 8.32 Å². The lowest BCUT2D eigenvalue weighted by Gasteiger charge is -2.37. The number of carbonyl (C=O) groups excluding carboxylic acids is 1. The molecule has 0 aromatic carbocycles. The van der Waals surface area contributed by atoms with Crippen molar-refractivity contribution in [3.63, 3.8) is 0 Å². The molecule has 0 aromatic rings. The van der Waals surface area contributed by atoms with Gasteiger partial charge in [0.25, 0.3) is 0 Å². The standard InChI is InChI=1S/C14H27NO2Si/c1-7-10-15-12(8-9-13(15)16)11-17-18(5,6)14(2,3)4/h7,12H,1,8-11H2,2-6H3. The quantitative estimate of drug-likeness (QED) is 0.567. The second-order valence-electron chi connectivity index (χ2n) is 6.60. The molecule has 0 saturated carbocycles. The van der Waals surface area contributed by atoms with Gasteiger partial charge in [-0.05, 0) is 24.6 Å². The fourth-order valence-corrected chi connectivity index (χ4v) is 2.92. The second-order valence-corrected chi connectivity index (χ2v) is 11.4. The van der Waals surface area contributed by atoms with Crippen LogP contribution < -0.4 is 0 Å². The highest BCUT2D eigenvalue weighted by Gasteiger charge is 2.39. The molecule has 1 rings (SSSR count). The topological polar surface area (TPSA) is 29.5 Å². The predicted molar refractivity (Wildman–Crippen MR) is 78.1 cm³/mol. The first kappa shape index (κ1) is 15.4. The summed E-state index contributed by atoms with van der Waals surface area (Å²) in [6.45, 7) is 16.2. The maximum absolute atomic E-state index is 11.7.